The van der Waals surface area contributed by atoms with E-state index in [9.17, 15) is 14.4 Å². The number of rotatable bonds is 7. The van der Waals surface area contributed by atoms with Crippen LogP contribution in [0.1, 0.15) is 36.6 Å². The number of benzene rings is 4. The first-order valence-corrected chi connectivity index (χ1v) is 11.6. The summed E-state index contributed by atoms with van der Waals surface area (Å²) in [5, 5.41) is 4.51. The highest BCUT2D eigenvalue weighted by molar-refractivity contribution is 6.36. The fraction of sp³-hybridized carbons (Fsp3) is 0. The van der Waals surface area contributed by atoms with Crippen LogP contribution in [0.2, 0.25) is 10.0 Å². The average molecular weight is 533 g/mol. The van der Waals surface area contributed by atoms with E-state index in [0.29, 0.717) is 21.7 Å². The van der Waals surface area contributed by atoms with Crippen molar-refractivity contribution in [1.29, 1.82) is 0 Å². The zero-order valence-electron chi connectivity index (χ0n) is 19.1. The highest BCUT2D eigenvalue weighted by atomic mass is 35.5. The topological polar surface area (TPSA) is 94.1 Å². The molecule has 0 aliphatic rings. The van der Waals surface area contributed by atoms with Gasteiger partial charge in [-0.15, -0.1) is 0 Å². The Morgan fingerprint density at radius 1 is 0.730 bits per heavy atom. The van der Waals surface area contributed by atoms with Crippen LogP contribution in [0.25, 0.3) is 0 Å². The largest absolute Gasteiger partial charge is 0.423 e. The van der Waals surface area contributed by atoms with Crippen LogP contribution in [0.3, 0.4) is 0 Å². The van der Waals surface area contributed by atoms with E-state index in [1.165, 1.54) is 42.6 Å². The highest BCUT2D eigenvalue weighted by Gasteiger charge is 2.15. The Labute approximate surface area is 222 Å². The third kappa shape index (κ3) is 6.82. The third-order valence-corrected chi connectivity index (χ3v) is 5.51. The third-order valence-electron chi connectivity index (χ3n) is 4.96. The molecule has 4 rings (SSSR count). The maximum absolute atomic E-state index is 12.7. The van der Waals surface area contributed by atoms with Gasteiger partial charge in [0.15, 0.2) is 0 Å². The van der Waals surface area contributed by atoms with Crippen molar-refractivity contribution < 1.29 is 23.9 Å². The van der Waals surface area contributed by atoms with Crippen LogP contribution in [-0.4, -0.2) is 24.1 Å². The number of carbonyl (C=O) groups is 3. The highest BCUT2D eigenvalue weighted by Crippen LogP contribution is 2.26. The van der Waals surface area contributed by atoms with E-state index in [2.05, 4.69) is 10.5 Å². The van der Waals surface area contributed by atoms with E-state index >= 15 is 0 Å². The summed E-state index contributed by atoms with van der Waals surface area (Å²) in [4.78, 5) is 37.6. The van der Waals surface area contributed by atoms with Crippen molar-refractivity contribution in [1.82, 2.24) is 5.43 Å². The Morgan fingerprint density at radius 3 is 1.97 bits per heavy atom. The minimum atomic E-state index is -0.626. The normalized spacial score (nSPS) is 10.6. The fourth-order valence-electron chi connectivity index (χ4n) is 3.14. The Bertz CT molecular complexity index is 1470. The molecular weight excluding hydrogens is 515 g/mol. The lowest BCUT2D eigenvalue weighted by Crippen LogP contribution is -2.18. The summed E-state index contributed by atoms with van der Waals surface area (Å²) in [6.07, 6.45) is 1.29. The molecule has 0 aromatic heterocycles. The van der Waals surface area contributed by atoms with E-state index in [4.69, 9.17) is 32.7 Å². The number of nitrogens with zero attached hydrogens (tertiary/aromatic N) is 1. The molecular formula is C28H18Cl2N2O5. The van der Waals surface area contributed by atoms with Crippen molar-refractivity contribution >= 4 is 47.3 Å². The Kier molecular flexibility index (Phi) is 8.30. The molecule has 0 fully saturated rings. The molecule has 0 atom stereocenters. The molecule has 4 aromatic rings. The average Bonchev–Trinajstić information content (AvgIpc) is 2.90. The van der Waals surface area contributed by atoms with Gasteiger partial charge in [0, 0.05) is 16.7 Å². The number of ether oxygens (including phenoxy) is 2. The smallest absolute Gasteiger partial charge is 0.343 e. The van der Waals surface area contributed by atoms with Crippen molar-refractivity contribution in [2.45, 2.75) is 0 Å². The molecule has 0 aliphatic carbocycles. The van der Waals surface area contributed by atoms with Crippen LogP contribution in [0.15, 0.2) is 102 Å². The predicted octanol–water partition coefficient (Wildman–Crippen LogP) is 6.20. The van der Waals surface area contributed by atoms with E-state index in [-0.39, 0.29) is 22.1 Å². The van der Waals surface area contributed by atoms with Gasteiger partial charge in [-0.3, -0.25) is 4.79 Å². The van der Waals surface area contributed by atoms with Gasteiger partial charge in [0.2, 0.25) is 0 Å². The molecule has 37 heavy (non-hydrogen) atoms. The lowest BCUT2D eigenvalue weighted by atomic mass is 10.2. The SMILES string of the molecule is O=C(Oc1ccc(/C=N/NC(=O)c2ccc(Cl)cc2Cl)c(OC(=O)c2ccccc2)c1)c1ccccc1. The molecule has 4 aromatic carbocycles. The summed E-state index contributed by atoms with van der Waals surface area (Å²) >= 11 is 11.9. The molecule has 9 heteroatoms. The summed E-state index contributed by atoms with van der Waals surface area (Å²) in [6, 6.07) is 25.7. The first kappa shape index (κ1) is 25.6. The van der Waals surface area contributed by atoms with Crippen molar-refractivity contribution in [2.75, 3.05) is 0 Å². The van der Waals surface area contributed by atoms with Gasteiger partial charge in [0.05, 0.1) is 27.9 Å². The van der Waals surface area contributed by atoms with E-state index in [1.54, 1.807) is 60.7 Å². The van der Waals surface area contributed by atoms with Gasteiger partial charge < -0.3 is 9.47 Å². The number of amides is 1. The van der Waals surface area contributed by atoms with E-state index in [0.717, 1.165) is 0 Å². The molecule has 7 nitrogen and oxygen atoms in total. The molecule has 1 N–H and O–H groups in total. The van der Waals surface area contributed by atoms with Crippen molar-refractivity contribution in [2.24, 2.45) is 5.10 Å². The number of esters is 2. The van der Waals surface area contributed by atoms with Gasteiger partial charge in [-0.25, -0.2) is 15.0 Å². The summed E-state index contributed by atoms with van der Waals surface area (Å²) < 4.78 is 11.0. The van der Waals surface area contributed by atoms with Crippen molar-refractivity contribution in [3.05, 3.63) is 129 Å². The van der Waals surface area contributed by atoms with Crippen LogP contribution in [-0.2, 0) is 0 Å². The first-order chi connectivity index (χ1) is 17.9. The van der Waals surface area contributed by atoms with Crippen molar-refractivity contribution in [3.63, 3.8) is 0 Å². The first-order valence-electron chi connectivity index (χ1n) is 10.9. The van der Waals surface area contributed by atoms with Gasteiger partial charge in [0.25, 0.3) is 5.91 Å². The van der Waals surface area contributed by atoms with Crippen molar-refractivity contribution in [3.8, 4) is 11.5 Å². The number of hydrazone groups is 1. The summed E-state index contributed by atoms with van der Waals surface area (Å²) in [6.45, 7) is 0. The molecule has 0 saturated carbocycles. The van der Waals surface area contributed by atoms with Gasteiger partial charge in [-0.2, -0.15) is 5.10 Å². The molecule has 184 valence electrons. The lowest BCUT2D eigenvalue weighted by molar-refractivity contribution is 0.0732. The van der Waals surface area contributed by atoms with Crippen LogP contribution < -0.4 is 14.9 Å². The van der Waals surface area contributed by atoms with Gasteiger partial charge >= 0.3 is 11.9 Å². The zero-order valence-corrected chi connectivity index (χ0v) is 20.6. The minimum Gasteiger partial charge on any atom is -0.423 e. The maximum atomic E-state index is 12.7. The number of hydrogen-bond acceptors (Lipinski definition) is 6. The van der Waals surface area contributed by atoms with E-state index in [1.807, 2.05) is 0 Å². The number of carbonyl (C=O) groups excluding carboxylic acids is 3. The lowest BCUT2D eigenvalue weighted by Gasteiger charge is -2.10. The van der Waals surface area contributed by atoms with Gasteiger partial charge in [-0.1, -0.05) is 59.6 Å². The predicted molar refractivity (Wildman–Crippen MR) is 141 cm³/mol. The molecule has 0 saturated heterocycles. The molecule has 0 spiro atoms. The number of hydrogen-bond donors (Lipinski definition) is 1. The maximum Gasteiger partial charge on any atom is 0.343 e. The zero-order chi connectivity index (χ0) is 26.2. The second kappa shape index (κ2) is 12.0. The molecule has 0 unspecified atom stereocenters. The van der Waals surface area contributed by atoms with Crippen LogP contribution in [0.4, 0.5) is 0 Å². The molecule has 0 heterocycles. The Morgan fingerprint density at radius 2 is 1.35 bits per heavy atom. The second-order valence-electron chi connectivity index (χ2n) is 7.53. The standard InChI is InChI=1S/C28H18Cl2N2O5/c29-21-12-14-23(24(30)15-21)26(33)32-31-17-20-11-13-22(36-27(34)18-7-3-1-4-8-18)16-25(20)37-28(35)19-9-5-2-6-10-19/h1-17H,(H,32,33)/b31-17+. The summed E-state index contributed by atoms with van der Waals surface area (Å²) in [5.74, 6) is -1.55. The molecule has 0 radical (unpaired) electrons. The van der Waals surface area contributed by atoms with E-state index < -0.39 is 17.8 Å². The molecule has 1 amide bonds. The number of nitrogens with one attached hydrogen (secondary N) is 1. The minimum absolute atomic E-state index is 0.0646. The summed E-state index contributed by atoms with van der Waals surface area (Å²) in [7, 11) is 0. The monoisotopic (exact) mass is 532 g/mol. The second-order valence-corrected chi connectivity index (χ2v) is 8.38. The van der Waals surface area contributed by atoms with Gasteiger partial charge in [-0.05, 0) is 54.6 Å². The Hall–Kier alpha value is -4.46. The molecule has 0 aliphatic heterocycles. The summed E-state index contributed by atoms with van der Waals surface area (Å²) in [5.41, 5.74) is 3.57. The van der Waals surface area contributed by atoms with Crippen LogP contribution in [0.5, 0.6) is 11.5 Å². The van der Waals surface area contributed by atoms with Gasteiger partial charge in [0.1, 0.15) is 11.5 Å². The van der Waals surface area contributed by atoms with Crippen LogP contribution in [0, 0.1) is 0 Å². The molecule has 0 bridgehead atoms. The fourth-order valence-corrected chi connectivity index (χ4v) is 3.64. The Balaban J connectivity index is 1.56. The quantitative estimate of drug-likeness (QED) is 0.132. The number of halogens is 2. The van der Waals surface area contributed by atoms with Crippen LogP contribution >= 0.6 is 23.2 Å².